The SMILES string of the molecule is CC(C)Oc1cncc(N2CCN(C)CC2CN)n1. The minimum absolute atomic E-state index is 0.0994. The fourth-order valence-electron chi connectivity index (χ4n) is 2.29. The standard InChI is InChI=1S/C13H23N5O/c1-10(2)19-13-8-15-7-12(16-13)18-5-4-17(3)9-11(18)6-14/h7-8,10-11H,4-6,9,14H2,1-3H3. The second-order valence-electron chi connectivity index (χ2n) is 5.23. The Bertz CT molecular complexity index is 412. The summed E-state index contributed by atoms with van der Waals surface area (Å²) >= 11 is 0. The summed E-state index contributed by atoms with van der Waals surface area (Å²) in [5.74, 6) is 1.42. The lowest BCUT2D eigenvalue weighted by Crippen LogP contribution is -2.55. The van der Waals surface area contributed by atoms with Crippen LogP contribution in [0.1, 0.15) is 13.8 Å². The number of hydrogen-bond donors (Lipinski definition) is 1. The zero-order valence-electron chi connectivity index (χ0n) is 11.9. The normalized spacial score (nSPS) is 20.9. The highest BCUT2D eigenvalue weighted by atomic mass is 16.5. The highest BCUT2D eigenvalue weighted by molar-refractivity contribution is 5.40. The van der Waals surface area contributed by atoms with Gasteiger partial charge < -0.3 is 20.3 Å². The first kappa shape index (κ1) is 14.0. The largest absolute Gasteiger partial charge is 0.474 e. The molecule has 1 aromatic rings. The van der Waals surface area contributed by atoms with E-state index in [1.165, 1.54) is 0 Å². The van der Waals surface area contributed by atoms with Crippen molar-refractivity contribution in [2.75, 3.05) is 38.1 Å². The van der Waals surface area contributed by atoms with Crippen molar-refractivity contribution >= 4 is 5.82 Å². The summed E-state index contributed by atoms with van der Waals surface area (Å²) in [6, 6.07) is 0.280. The number of likely N-dealkylation sites (N-methyl/N-ethyl adjacent to an activating group) is 1. The molecule has 1 fully saturated rings. The third kappa shape index (κ3) is 3.54. The lowest BCUT2D eigenvalue weighted by Gasteiger charge is -2.40. The van der Waals surface area contributed by atoms with Gasteiger partial charge >= 0.3 is 0 Å². The molecule has 2 heterocycles. The van der Waals surface area contributed by atoms with Gasteiger partial charge in [0.2, 0.25) is 5.88 Å². The van der Waals surface area contributed by atoms with Gasteiger partial charge in [-0.2, -0.15) is 4.98 Å². The number of ether oxygens (including phenoxy) is 1. The van der Waals surface area contributed by atoms with E-state index in [0.717, 1.165) is 25.5 Å². The van der Waals surface area contributed by atoms with Gasteiger partial charge in [-0.15, -0.1) is 0 Å². The van der Waals surface area contributed by atoms with Crippen LogP contribution in [0.25, 0.3) is 0 Å². The second kappa shape index (κ2) is 6.16. The van der Waals surface area contributed by atoms with Crippen LogP contribution in [-0.2, 0) is 0 Å². The van der Waals surface area contributed by atoms with Gasteiger partial charge in [0.1, 0.15) is 0 Å². The molecule has 0 spiro atoms. The Labute approximate surface area is 114 Å². The van der Waals surface area contributed by atoms with Crippen LogP contribution in [0.2, 0.25) is 0 Å². The van der Waals surface area contributed by atoms with Crippen LogP contribution in [0.4, 0.5) is 5.82 Å². The van der Waals surface area contributed by atoms with Crippen molar-refractivity contribution in [3.8, 4) is 5.88 Å². The predicted molar refractivity (Wildman–Crippen MR) is 75.5 cm³/mol. The molecule has 1 aromatic heterocycles. The lowest BCUT2D eigenvalue weighted by molar-refractivity contribution is 0.230. The summed E-state index contributed by atoms with van der Waals surface area (Å²) in [5.41, 5.74) is 5.86. The van der Waals surface area contributed by atoms with E-state index in [1.807, 2.05) is 13.8 Å². The van der Waals surface area contributed by atoms with E-state index < -0.39 is 0 Å². The number of nitrogens with zero attached hydrogens (tertiary/aromatic N) is 4. The molecule has 1 atom stereocenters. The molecule has 2 rings (SSSR count). The second-order valence-corrected chi connectivity index (χ2v) is 5.23. The average molecular weight is 265 g/mol. The molecule has 1 unspecified atom stereocenters. The molecule has 1 aliphatic rings. The van der Waals surface area contributed by atoms with Gasteiger partial charge in [0, 0.05) is 26.2 Å². The maximum atomic E-state index is 5.86. The molecule has 0 bridgehead atoms. The Morgan fingerprint density at radius 2 is 2.21 bits per heavy atom. The molecular formula is C13H23N5O. The van der Waals surface area contributed by atoms with Gasteiger partial charge in [0.25, 0.3) is 0 Å². The topological polar surface area (TPSA) is 67.5 Å². The third-order valence-corrected chi connectivity index (χ3v) is 3.21. The van der Waals surface area contributed by atoms with Gasteiger partial charge in [0.05, 0.1) is 24.5 Å². The highest BCUT2D eigenvalue weighted by Crippen LogP contribution is 2.19. The van der Waals surface area contributed by atoms with Crippen LogP contribution in [0, 0.1) is 0 Å². The molecule has 0 amide bonds. The van der Waals surface area contributed by atoms with Crippen LogP contribution < -0.4 is 15.4 Å². The van der Waals surface area contributed by atoms with Crippen molar-refractivity contribution in [3.05, 3.63) is 12.4 Å². The van der Waals surface area contributed by atoms with E-state index in [0.29, 0.717) is 12.4 Å². The number of aromatic nitrogens is 2. The Balaban J connectivity index is 2.15. The van der Waals surface area contributed by atoms with Crippen molar-refractivity contribution in [1.29, 1.82) is 0 Å². The van der Waals surface area contributed by atoms with E-state index in [-0.39, 0.29) is 12.1 Å². The molecule has 0 aliphatic carbocycles. The summed E-state index contributed by atoms with van der Waals surface area (Å²) in [7, 11) is 2.12. The molecule has 0 radical (unpaired) electrons. The van der Waals surface area contributed by atoms with E-state index in [2.05, 4.69) is 26.8 Å². The molecule has 0 aromatic carbocycles. The van der Waals surface area contributed by atoms with Gasteiger partial charge in [-0.05, 0) is 20.9 Å². The van der Waals surface area contributed by atoms with Crippen molar-refractivity contribution in [2.45, 2.75) is 26.0 Å². The molecule has 2 N–H and O–H groups in total. The van der Waals surface area contributed by atoms with Crippen LogP contribution in [0.15, 0.2) is 12.4 Å². The summed E-state index contributed by atoms with van der Waals surface area (Å²) in [4.78, 5) is 13.3. The molecule has 0 saturated carbocycles. The quantitative estimate of drug-likeness (QED) is 0.847. The maximum Gasteiger partial charge on any atom is 0.234 e. The predicted octanol–water partition coefficient (Wildman–Crippen LogP) is 0.343. The van der Waals surface area contributed by atoms with Crippen molar-refractivity contribution in [3.63, 3.8) is 0 Å². The molecule has 6 nitrogen and oxygen atoms in total. The van der Waals surface area contributed by atoms with Crippen LogP contribution >= 0.6 is 0 Å². The average Bonchev–Trinajstić information content (AvgIpc) is 2.38. The Kier molecular flexibility index (Phi) is 4.55. The van der Waals surface area contributed by atoms with E-state index in [1.54, 1.807) is 12.4 Å². The first-order valence-electron chi connectivity index (χ1n) is 6.74. The lowest BCUT2D eigenvalue weighted by atomic mass is 10.2. The summed E-state index contributed by atoms with van der Waals surface area (Å²) in [6.07, 6.45) is 3.53. The van der Waals surface area contributed by atoms with Crippen LogP contribution in [0.3, 0.4) is 0 Å². The Morgan fingerprint density at radius 3 is 2.89 bits per heavy atom. The number of piperazine rings is 1. The molecule has 19 heavy (non-hydrogen) atoms. The molecular weight excluding hydrogens is 242 g/mol. The van der Waals surface area contributed by atoms with Gasteiger partial charge in [-0.1, -0.05) is 0 Å². The van der Waals surface area contributed by atoms with E-state index >= 15 is 0 Å². The third-order valence-electron chi connectivity index (χ3n) is 3.21. The zero-order chi connectivity index (χ0) is 13.8. The number of nitrogens with two attached hydrogens (primary N) is 1. The maximum absolute atomic E-state index is 5.86. The monoisotopic (exact) mass is 265 g/mol. The van der Waals surface area contributed by atoms with Gasteiger partial charge in [-0.25, -0.2) is 0 Å². The Hall–Kier alpha value is -1.40. The molecule has 1 aliphatic heterocycles. The highest BCUT2D eigenvalue weighted by Gasteiger charge is 2.25. The van der Waals surface area contributed by atoms with Gasteiger partial charge in [-0.3, -0.25) is 4.98 Å². The number of hydrogen-bond acceptors (Lipinski definition) is 6. The van der Waals surface area contributed by atoms with Crippen LogP contribution in [-0.4, -0.2) is 60.2 Å². The van der Waals surface area contributed by atoms with Crippen LogP contribution in [0.5, 0.6) is 5.88 Å². The summed E-state index contributed by atoms with van der Waals surface area (Å²) in [5, 5.41) is 0. The fraction of sp³-hybridized carbons (Fsp3) is 0.692. The minimum Gasteiger partial charge on any atom is -0.474 e. The van der Waals surface area contributed by atoms with Gasteiger partial charge in [0.15, 0.2) is 5.82 Å². The minimum atomic E-state index is 0.0994. The van der Waals surface area contributed by atoms with Crippen molar-refractivity contribution in [1.82, 2.24) is 14.9 Å². The smallest absolute Gasteiger partial charge is 0.234 e. The number of rotatable bonds is 4. The zero-order valence-corrected chi connectivity index (χ0v) is 11.9. The molecule has 6 heteroatoms. The van der Waals surface area contributed by atoms with Crippen molar-refractivity contribution < 1.29 is 4.74 Å². The number of anilines is 1. The molecule has 1 saturated heterocycles. The van der Waals surface area contributed by atoms with Crippen molar-refractivity contribution in [2.24, 2.45) is 5.73 Å². The van der Waals surface area contributed by atoms with E-state index in [4.69, 9.17) is 10.5 Å². The first-order chi connectivity index (χ1) is 9.10. The first-order valence-corrected chi connectivity index (χ1v) is 6.74. The summed E-state index contributed by atoms with van der Waals surface area (Å²) in [6.45, 7) is 7.44. The summed E-state index contributed by atoms with van der Waals surface area (Å²) < 4.78 is 5.59. The van der Waals surface area contributed by atoms with E-state index in [9.17, 15) is 0 Å². The molecule has 106 valence electrons. The fourth-order valence-corrected chi connectivity index (χ4v) is 2.29. The Morgan fingerprint density at radius 1 is 1.42 bits per heavy atom.